The van der Waals surface area contributed by atoms with Gasteiger partial charge in [0.15, 0.2) is 29.7 Å². The Morgan fingerprint density at radius 3 is 2.29 bits per heavy atom. The molecular weight excluding hydrogens is 595 g/mol. The number of nitrogens with one attached hydrogen (secondary N) is 2. The van der Waals surface area contributed by atoms with E-state index in [4.69, 9.17) is 9.47 Å². The van der Waals surface area contributed by atoms with Gasteiger partial charge < -0.3 is 20.1 Å². The van der Waals surface area contributed by atoms with Gasteiger partial charge in [-0.3, -0.25) is 14.4 Å². The molecule has 0 saturated carbocycles. The van der Waals surface area contributed by atoms with Crippen LogP contribution >= 0.6 is 22.6 Å². The zero-order chi connectivity index (χ0) is 27.0. The van der Waals surface area contributed by atoms with E-state index in [1.807, 2.05) is 44.2 Å². The predicted octanol–water partition coefficient (Wildman–Crippen LogP) is 5.64. The van der Waals surface area contributed by atoms with Crippen molar-refractivity contribution in [2.75, 3.05) is 19.0 Å². The van der Waals surface area contributed by atoms with Crippen LogP contribution in [0.2, 0.25) is 0 Å². The van der Waals surface area contributed by atoms with Crippen LogP contribution in [0.4, 0.5) is 5.69 Å². The Morgan fingerprint density at radius 1 is 1.00 bits per heavy atom. The maximum absolute atomic E-state index is 13.1. The molecule has 2 aromatic carbocycles. The Kier molecular flexibility index (Phi) is 7.61. The van der Waals surface area contributed by atoms with Crippen molar-refractivity contribution in [3.8, 4) is 11.5 Å². The number of amides is 1. The van der Waals surface area contributed by atoms with Gasteiger partial charge in [0.25, 0.3) is 5.91 Å². The Bertz CT molecular complexity index is 1370. The van der Waals surface area contributed by atoms with Crippen LogP contribution in [0.3, 0.4) is 0 Å². The quantitative estimate of drug-likeness (QED) is 0.404. The highest BCUT2D eigenvalue weighted by molar-refractivity contribution is 14.1. The average Bonchev–Trinajstić information content (AvgIpc) is 2.89. The largest absolute Gasteiger partial charge is 0.493 e. The van der Waals surface area contributed by atoms with E-state index < -0.39 is 5.92 Å². The molecule has 1 aliphatic heterocycles. The number of hydrogen-bond donors (Lipinski definition) is 2. The van der Waals surface area contributed by atoms with E-state index in [9.17, 15) is 14.4 Å². The van der Waals surface area contributed by atoms with Crippen LogP contribution in [0, 0.1) is 17.4 Å². The maximum Gasteiger partial charge on any atom is 0.262 e. The van der Waals surface area contributed by atoms with Crippen molar-refractivity contribution < 1.29 is 23.9 Å². The molecule has 38 heavy (non-hydrogen) atoms. The average molecular weight is 626 g/mol. The molecule has 0 spiro atoms. The third-order valence-corrected chi connectivity index (χ3v) is 8.19. The number of allylic oxidation sites excluding steroid dienone is 4. The minimum Gasteiger partial charge on any atom is -0.493 e. The predicted molar refractivity (Wildman–Crippen MR) is 153 cm³/mol. The van der Waals surface area contributed by atoms with E-state index in [0.29, 0.717) is 35.5 Å². The number of carbonyl (C=O) groups is 3. The van der Waals surface area contributed by atoms with Crippen LogP contribution in [0.15, 0.2) is 52.9 Å². The summed E-state index contributed by atoms with van der Waals surface area (Å²) < 4.78 is 12.4. The van der Waals surface area contributed by atoms with Crippen LogP contribution in [-0.2, 0) is 14.4 Å². The van der Waals surface area contributed by atoms with Gasteiger partial charge in [-0.2, -0.15) is 0 Å². The summed E-state index contributed by atoms with van der Waals surface area (Å²) in [4.78, 5) is 39.0. The number of halogens is 1. The van der Waals surface area contributed by atoms with Crippen molar-refractivity contribution in [3.05, 3.63) is 73.1 Å². The maximum atomic E-state index is 13.1. The molecule has 7 nitrogen and oxygen atoms in total. The van der Waals surface area contributed by atoms with Gasteiger partial charge in [0.2, 0.25) is 0 Å². The van der Waals surface area contributed by atoms with Gasteiger partial charge in [0, 0.05) is 47.0 Å². The summed E-state index contributed by atoms with van der Waals surface area (Å²) in [5.41, 5.74) is 6.89. The van der Waals surface area contributed by atoms with Crippen molar-refractivity contribution in [1.82, 2.24) is 5.32 Å². The lowest BCUT2D eigenvalue weighted by atomic mass is 9.71. The Labute approximate surface area is 236 Å². The van der Waals surface area contributed by atoms with Gasteiger partial charge in [-0.1, -0.05) is 12.1 Å². The highest BCUT2D eigenvalue weighted by atomic mass is 127. The number of aryl methyl sites for hydroxylation is 2. The fourth-order valence-corrected chi connectivity index (χ4v) is 6.34. The molecule has 0 radical (unpaired) electrons. The number of carbonyl (C=O) groups excluding carboxylic acids is 3. The fourth-order valence-electron chi connectivity index (χ4n) is 5.56. The van der Waals surface area contributed by atoms with Crippen LogP contribution in [0.5, 0.6) is 11.5 Å². The summed E-state index contributed by atoms with van der Waals surface area (Å²) in [6, 6.07) is 9.67. The molecule has 2 N–H and O–H groups in total. The van der Waals surface area contributed by atoms with E-state index in [0.717, 1.165) is 63.0 Å². The van der Waals surface area contributed by atoms with Crippen molar-refractivity contribution in [3.63, 3.8) is 0 Å². The smallest absolute Gasteiger partial charge is 0.262 e. The third kappa shape index (κ3) is 5.10. The van der Waals surface area contributed by atoms with Crippen LogP contribution in [-0.4, -0.2) is 31.2 Å². The van der Waals surface area contributed by atoms with Gasteiger partial charge >= 0.3 is 0 Å². The Hall–Kier alpha value is -3.14. The number of methoxy groups -OCH3 is 1. The fraction of sp³-hybridized carbons (Fsp3) is 0.367. The van der Waals surface area contributed by atoms with E-state index >= 15 is 0 Å². The molecular formula is C30H31IN2O5. The summed E-state index contributed by atoms with van der Waals surface area (Å²) in [7, 11) is 1.55. The first kappa shape index (κ1) is 26.5. The summed E-state index contributed by atoms with van der Waals surface area (Å²) in [5, 5.41) is 6.36. The van der Waals surface area contributed by atoms with Gasteiger partial charge in [0.05, 0.1) is 10.7 Å². The molecule has 0 unspecified atom stereocenters. The lowest BCUT2D eigenvalue weighted by molar-refractivity contribution is -0.118. The number of ether oxygens (including phenoxy) is 2. The molecule has 1 amide bonds. The lowest BCUT2D eigenvalue weighted by Gasteiger charge is -2.37. The first-order chi connectivity index (χ1) is 18.3. The zero-order valence-electron chi connectivity index (χ0n) is 21.8. The third-order valence-electron chi connectivity index (χ3n) is 7.39. The number of dihydropyridines is 1. The number of benzene rings is 2. The Morgan fingerprint density at radius 2 is 1.66 bits per heavy atom. The number of ketones is 2. The van der Waals surface area contributed by atoms with Crippen molar-refractivity contribution in [1.29, 1.82) is 0 Å². The van der Waals surface area contributed by atoms with Crippen LogP contribution in [0.25, 0.3) is 0 Å². The second-order valence-electron chi connectivity index (χ2n) is 10.1. The monoisotopic (exact) mass is 626 g/mol. The van der Waals surface area contributed by atoms with E-state index in [1.54, 1.807) is 7.11 Å². The first-order valence-electron chi connectivity index (χ1n) is 12.9. The molecule has 0 saturated heterocycles. The molecule has 5 rings (SSSR count). The molecule has 0 fully saturated rings. The normalized spacial score (nSPS) is 17.6. The molecule has 198 valence electrons. The number of anilines is 1. The molecule has 0 aromatic heterocycles. The number of rotatable bonds is 6. The van der Waals surface area contributed by atoms with Crippen LogP contribution in [0.1, 0.15) is 61.1 Å². The SMILES string of the molecule is COc1cc(C2C3=C(CCCC3=O)NC3=C2C(=O)CCC3)cc(I)c1OCC(=O)Nc1cc(C)ccc1C. The van der Waals surface area contributed by atoms with Crippen molar-refractivity contribution in [2.45, 2.75) is 58.3 Å². The summed E-state index contributed by atoms with van der Waals surface area (Å²) in [6.07, 6.45) is 4.19. The number of Topliss-reactive ketones (excluding diaryl/α,β-unsaturated/α-hetero) is 2. The highest BCUT2D eigenvalue weighted by Gasteiger charge is 2.40. The summed E-state index contributed by atoms with van der Waals surface area (Å²) in [6.45, 7) is 3.73. The van der Waals surface area contributed by atoms with Gasteiger partial charge in [-0.05, 0) is 97.0 Å². The highest BCUT2D eigenvalue weighted by Crippen LogP contribution is 2.47. The minimum absolute atomic E-state index is 0.0890. The molecule has 0 bridgehead atoms. The molecule has 8 heteroatoms. The summed E-state index contributed by atoms with van der Waals surface area (Å²) in [5.74, 6) is 0.392. The first-order valence-corrected chi connectivity index (χ1v) is 14.0. The van der Waals surface area contributed by atoms with E-state index in [-0.39, 0.29) is 24.1 Å². The second-order valence-corrected chi connectivity index (χ2v) is 11.2. The number of hydrogen-bond acceptors (Lipinski definition) is 6. The van der Waals surface area contributed by atoms with Crippen molar-refractivity contribution in [2.24, 2.45) is 0 Å². The minimum atomic E-state index is -0.425. The molecule has 2 aliphatic carbocycles. The Balaban J connectivity index is 1.45. The molecule has 0 atom stereocenters. The standard InChI is InChI=1S/C30H31IN2O5/c1-16-10-11-17(2)22(12-16)33-26(36)15-38-30-19(31)13-18(14-25(30)37-3)27-28-20(6-4-8-23(28)34)32-21-7-5-9-24(35)29(21)27/h10-14,27,32H,4-9,15H2,1-3H3,(H,33,36). The van der Waals surface area contributed by atoms with E-state index in [1.165, 1.54) is 0 Å². The molecule has 2 aromatic rings. The van der Waals surface area contributed by atoms with Crippen LogP contribution < -0.4 is 20.1 Å². The topological polar surface area (TPSA) is 93.7 Å². The van der Waals surface area contributed by atoms with Crippen molar-refractivity contribution >= 4 is 45.8 Å². The van der Waals surface area contributed by atoms with Gasteiger partial charge in [0.1, 0.15) is 0 Å². The zero-order valence-corrected chi connectivity index (χ0v) is 24.0. The molecule has 1 heterocycles. The summed E-state index contributed by atoms with van der Waals surface area (Å²) >= 11 is 2.16. The second kappa shape index (κ2) is 10.9. The molecule has 3 aliphatic rings. The van der Waals surface area contributed by atoms with E-state index in [2.05, 4.69) is 33.2 Å². The lowest BCUT2D eigenvalue weighted by Crippen LogP contribution is -2.36. The van der Waals surface area contributed by atoms with Gasteiger partial charge in [-0.25, -0.2) is 0 Å². The van der Waals surface area contributed by atoms with Gasteiger partial charge in [-0.15, -0.1) is 0 Å².